The van der Waals surface area contributed by atoms with Crippen LogP contribution in [0.3, 0.4) is 0 Å². The van der Waals surface area contributed by atoms with Gasteiger partial charge in [-0.05, 0) is 62.1 Å². The number of piperazine rings is 1. The van der Waals surface area contributed by atoms with Crippen molar-refractivity contribution in [3.8, 4) is 0 Å². The van der Waals surface area contributed by atoms with Crippen molar-refractivity contribution in [3.05, 3.63) is 64.5 Å². The van der Waals surface area contributed by atoms with Crippen molar-refractivity contribution in [2.45, 2.75) is 43.8 Å². The van der Waals surface area contributed by atoms with Gasteiger partial charge in [-0.2, -0.15) is 0 Å². The third-order valence-corrected chi connectivity index (χ3v) is 7.89. The van der Waals surface area contributed by atoms with E-state index < -0.39 is 0 Å². The third kappa shape index (κ3) is 5.72. The minimum atomic E-state index is 0.0109. The molecule has 2 aliphatic heterocycles. The van der Waals surface area contributed by atoms with Gasteiger partial charge in [-0.3, -0.25) is 9.69 Å². The fraction of sp³-hybridized carbons (Fsp3) is 0.481. The molecule has 5 rings (SSSR count). The fourth-order valence-electron chi connectivity index (χ4n) is 5.27. The SMILES string of the molecule is [C-]#[N+]c1ccc(NC2CCC(NC(=O)c3ccc(N4CCN(C5CNC5)CC4)cc3)CC2)cc1Cl. The summed E-state index contributed by atoms with van der Waals surface area (Å²) in [5.41, 5.74) is 3.34. The van der Waals surface area contributed by atoms with E-state index in [1.807, 2.05) is 24.3 Å². The molecule has 7 nitrogen and oxygen atoms in total. The molecule has 0 bridgehead atoms. The van der Waals surface area contributed by atoms with Gasteiger partial charge in [0, 0.05) is 79.4 Å². The van der Waals surface area contributed by atoms with Crippen LogP contribution in [0.2, 0.25) is 5.02 Å². The maximum atomic E-state index is 12.8. The summed E-state index contributed by atoms with van der Waals surface area (Å²) in [6.07, 6.45) is 3.84. The standard InChI is InChI=1S/C27H33ClN6O/c1-29-26-11-8-22(16-25(26)28)31-20-4-6-21(7-5-20)32-27(35)19-2-9-23(10-3-19)33-12-14-34(15-13-33)24-17-30-18-24/h2-3,8-11,16,20-21,24,30-31H,4-7,12-15,17-18H2,(H,32,35). The van der Waals surface area contributed by atoms with Gasteiger partial charge in [0.25, 0.3) is 5.91 Å². The molecule has 0 spiro atoms. The second kappa shape index (κ2) is 10.9. The highest BCUT2D eigenvalue weighted by molar-refractivity contribution is 6.33. The highest BCUT2D eigenvalue weighted by Gasteiger charge is 2.28. The Labute approximate surface area is 212 Å². The number of nitrogens with one attached hydrogen (secondary N) is 3. The molecule has 2 heterocycles. The Bertz CT molecular complexity index is 1060. The molecule has 1 aliphatic carbocycles. The summed E-state index contributed by atoms with van der Waals surface area (Å²) in [6, 6.07) is 14.8. The van der Waals surface area contributed by atoms with E-state index in [0.29, 0.717) is 22.8 Å². The zero-order chi connectivity index (χ0) is 24.2. The summed E-state index contributed by atoms with van der Waals surface area (Å²) < 4.78 is 0. The average molecular weight is 493 g/mol. The predicted molar refractivity (Wildman–Crippen MR) is 142 cm³/mol. The highest BCUT2D eigenvalue weighted by atomic mass is 35.5. The van der Waals surface area contributed by atoms with E-state index in [-0.39, 0.29) is 11.9 Å². The number of carbonyl (C=O) groups is 1. The number of carbonyl (C=O) groups excluding carboxylic acids is 1. The Morgan fingerprint density at radius 3 is 2.26 bits per heavy atom. The van der Waals surface area contributed by atoms with Crippen LogP contribution in [0.25, 0.3) is 4.85 Å². The van der Waals surface area contributed by atoms with E-state index in [2.05, 4.69) is 42.7 Å². The first-order chi connectivity index (χ1) is 17.1. The molecule has 35 heavy (non-hydrogen) atoms. The van der Waals surface area contributed by atoms with Crippen molar-refractivity contribution in [1.29, 1.82) is 0 Å². The lowest BCUT2D eigenvalue weighted by Gasteiger charge is -2.43. The van der Waals surface area contributed by atoms with Gasteiger partial charge in [0.2, 0.25) is 5.69 Å². The maximum Gasteiger partial charge on any atom is 0.251 e. The number of benzene rings is 2. The molecule has 0 radical (unpaired) electrons. The van der Waals surface area contributed by atoms with Crippen LogP contribution in [0.1, 0.15) is 36.0 Å². The largest absolute Gasteiger partial charge is 0.382 e. The number of hydrogen-bond donors (Lipinski definition) is 3. The first-order valence-electron chi connectivity index (χ1n) is 12.6. The van der Waals surface area contributed by atoms with Crippen molar-refractivity contribution in [2.24, 2.45) is 0 Å². The molecular weight excluding hydrogens is 460 g/mol. The molecule has 3 N–H and O–H groups in total. The van der Waals surface area contributed by atoms with E-state index in [1.165, 1.54) is 5.69 Å². The average Bonchev–Trinajstić information content (AvgIpc) is 2.85. The van der Waals surface area contributed by atoms with Crippen molar-refractivity contribution >= 4 is 34.6 Å². The number of nitrogens with zero attached hydrogens (tertiary/aromatic N) is 3. The summed E-state index contributed by atoms with van der Waals surface area (Å²) in [6.45, 7) is 13.6. The first-order valence-corrected chi connectivity index (χ1v) is 13.0. The zero-order valence-corrected chi connectivity index (χ0v) is 20.7. The van der Waals surface area contributed by atoms with Gasteiger partial charge in [-0.25, -0.2) is 4.85 Å². The molecule has 1 saturated carbocycles. The van der Waals surface area contributed by atoms with Crippen LogP contribution >= 0.6 is 11.6 Å². The van der Waals surface area contributed by atoms with Crippen LogP contribution in [0.4, 0.5) is 17.1 Å². The van der Waals surface area contributed by atoms with E-state index in [4.69, 9.17) is 18.2 Å². The monoisotopic (exact) mass is 492 g/mol. The molecule has 0 aromatic heterocycles. The van der Waals surface area contributed by atoms with Crippen molar-refractivity contribution in [2.75, 3.05) is 49.5 Å². The van der Waals surface area contributed by atoms with Crippen LogP contribution in [0.5, 0.6) is 0 Å². The lowest BCUT2D eigenvalue weighted by atomic mass is 9.90. The van der Waals surface area contributed by atoms with Crippen molar-refractivity contribution in [1.82, 2.24) is 15.5 Å². The van der Waals surface area contributed by atoms with E-state index in [0.717, 1.165) is 76.2 Å². The van der Waals surface area contributed by atoms with E-state index >= 15 is 0 Å². The molecule has 3 aliphatic rings. The Hall–Kier alpha value is -2.79. The number of anilines is 2. The summed E-state index contributed by atoms with van der Waals surface area (Å²) in [5, 5.41) is 10.6. The first kappa shape index (κ1) is 23.9. The fourth-order valence-corrected chi connectivity index (χ4v) is 5.50. The van der Waals surface area contributed by atoms with Crippen LogP contribution in [0, 0.1) is 6.57 Å². The predicted octanol–water partition coefficient (Wildman–Crippen LogP) is 4.14. The van der Waals surface area contributed by atoms with Gasteiger partial charge in [0.15, 0.2) is 0 Å². The molecule has 3 fully saturated rings. The number of halogens is 1. The van der Waals surface area contributed by atoms with Crippen LogP contribution in [-0.2, 0) is 0 Å². The normalized spacial score (nSPS) is 23.3. The molecule has 2 aromatic rings. The second-order valence-electron chi connectivity index (χ2n) is 9.83. The van der Waals surface area contributed by atoms with Gasteiger partial charge >= 0.3 is 0 Å². The van der Waals surface area contributed by atoms with Crippen molar-refractivity contribution < 1.29 is 4.79 Å². The molecule has 8 heteroatoms. The topological polar surface area (TPSA) is 64.0 Å². The van der Waals surface area contributed by atoms with Crippen LogP contribution in [0.15, 0.2) is 42.5 Å². The summed E-state index contributed by atoms with van der Waals surface area (Å²) in [7, 11) is 0. The molecule has 0 atom stereocenters. The smallest absolute Gasteiger partial charge is 0.251 e. The van der Waals surface area contributed by atoms with Gasteiger partial charge in [0.05, 0.1) is 6.57 Å². The second-order valence-corrected chi connectivity index (χ2v) is 10.2. The van der Waals surface area contributed by atoms with Crippen molar-refractivity contribution in [3.63, 3.8) is 0 Å². The quantitative estimate of drug-likeness (QED) is 0.529. The van der Waals surface area contributed by atoms with Gasteiger partial charge in [-0.1, -0.05) is 17.7 Å². The summed E-state index contributed by atoms with van der Waals surface area (Å²) in [5.74, 6) is 0.0109. The molecule has 1 amide bonds. The lowest BCUT2D eigenvalue weighted by Crippen LogP contribution is -2.61. The van der Waals surface area contributed by atoms with Crippen LogP contribution in [-0.4, -0.2) is 68.2 Å². The van der Waals surface area contributed by atoms with Gasteiger partial charge in [0.1, 0.15) is 0 Å². The molecule has 2 aromatic carbocycles. The Morgan fingerprint density at radius 2 is 1.66 bits per heavy atom. The zero-order valence-electron chi connectivity index (χ0n) is 20.0. The lowest BCUT2D eigenvalue weighted by molar-refractivity contribution is 0.0926. The number of hydrogen-bond acceptors (Lipinski definition) is 5. The van der Waals surface area contributed by atoms with E-state index in [1.54, 1.807) is 6.07 Å². The molecule has 2 saturated heterocycles. The van der Waals surface area contributed by atoms with Crippen LogP contribution < -0.4 is 20.9 Å². The molecule has 0 unspecified atom stereocenters. The van der Waals surface area contributed by atoms with Gasteiger partial charge < -0.3 is 20.9 Å². The Kier molecular flexibility index (Phi) is 7.43. The highest BCUT2D eigenvalue weighted by Crippen LogP contribution is 2.30. The molecular formula is C27H33ClN6O. The minimum Gasteiger partial charge on any atom is -0.382 e. The summed E-state index contributed by atoms with van der Waals surface area (Å²) >= 11 is 6.16. The van der Waals surface area contributed by atoms with E-state index in [9.17, 15) is 4.79 Å². The summed E-state index contributed by atoms with van der Waals surface area (Å²) in [4.78, 5) is 21.2. The number of amides is 1. The third-order valence-electron chi connectivity index (χ3n) is 7.59. The van der Waals surface area contributed by atoms with Gasteiger partial charge in [-0.15, -0.1) is 0 Å². The Morgan fingerprint density at radius 1 is 0.971 bits per heavy atom. The molecule has 184 valence electrons. The maximum absolute atomic E-state index is 12.8. The minimum absolute atomic E-state index is 0.0109. The number of rotatable bonds is 6. The Balaban J connectivity index is 1.07.